The lowest BCUT2D eigenvalue weighted by Gasteiger charge is -2.03. The summed E-state index contributed by atoms with van der Waals surface area (Å²) in [6.45, 7) is 2.19. The zero-order chi connectivity index (χ0) is 12.3. The summed E-state index contributed by atoms with van der Waals surface area (Å²) in [5.41, 5.74) is 2.73. The number of benzene rings is 1. The molecule has 0 spiro atoms. The monoisotopic (exact) mass is 232 g/mol. The zero-order valence-corrected chi connectivity index (χ0v) is 10.4. The number of hydrogen-bond acceptors (Lipinski definition) is 1. The van der Waals surface area contributed by atoms with E-state index in [0.29, 0.717) is 5.92 Å². The minimum Gasteiger partial charge on any atom is -0.481 e. The normalized spacial score (nSPS) is 22.4. The quantitative estimate of drug-likeness (QED) is 0.817. The molecule has 0 aromatic heterocycles. The van der Waals surface area contributed by atoms with Crippen molar-refractivity contribution in [1.82, 2.24) is 0 Å². The van der Waals surface area contributed by atoms with E-state index < -0.39 is 5.97 Å². The lowest BCUT2D eigenvalue weighted by Crippen LogP contribution is -2.00. The first-order valence-corrected chi connectivity index (χ1v) is 6.51. The van der Waals surface area contributed by atoms with E-state index in [1.54, 1.807) is 0 Å². The zero-order valence-electron chi connectivity index (χ0n) is 10.4. The van der Waals surface area contributed by atoms with E-state index in [-0.39, 0.29) is 5.92 Å². The fraction of sp³-hybridized carbons (Fsp3) is 0.533. The van der Waals surface area contributed by atoms with Crippen molar-refractivity contribution in [2.45, 2.75) is 39.0 Å². The standard InChI is InChI=1S/C15H20O2/c1-2-3-11-4-6-12(7-5-11)8-9-13-10-14(13)15(16)17/h4-7,13-14H,2-3,8-10H2,1H3,(H,16,17). The van der Waals surface area contributed by atoms with Crippen LogP contribution in [0, 0.1) is 11.8 Å². The number of carboxylic acid groups (broad SMARTS) is 1. The van der Waals surface area contributed by atoms with Crippen LogP contribution in [-0.2, 0) is 17.6 Å². The molecule has 1 saturated carbocycles. The molecule has 0 amide bonds. The van der Waals surface area contributed by atoms with Crippen molar-refractivity contribution in [2.24, 2.45) is 11.8 Å². The fourth-order valence-corrected chi connectivity index (χ4v) is 2.38. The molecule has 1 aromatic rings. The number of carbonyl (C=O) groups is 1. The van der Waals surface area contributed by atoms with Crippen LogP contribution in [-0.4, -0.2) is 11.1 Å². The highest BCUT2D eigenvalue weighted by atomic mass is 16.4. The number of aliphatic carboxylic acids is 1. The molecule has 0 radical (unpaired) electrons. The molecular weight excluding hydrogens is 212 g/mol. The highest BCUT2D eigenvalue weighted by molar-refractivity contribution is 5.73. The Morgan fingerprint density at radius 1 is 1.24 bits per heavy atom. The van der Waals surface area contributed by atoms with Gasteiger partial charge in [-0.25, -0.2) is 0 Å². The van der Waals surface area contributed by atoms with Crippen molar-refractivity contribution in [2.75, 3.05) is 0 Å². The van der Waals surface area contributed by atoms with Crippen molar-refractivity contribution >= 4 is 5.97 Å². The number of carboxylic acids is 1. The SMILES string of the molecule is CCCc1ccc(CCC2CC2C(=O)O)cc1. The van der Waals surface area contributed by atoms with E-state index in [9.17, 15) is 4.79 Å². The van der Waals surface area contributed by atoms with Gasteiger partial charge in [-0.05, 0) is 42.7 Å². The Balaban J connectivity index is 1.78. The van der Waals surface area contributed by atoms with Gasteiger partial charge in [-0.1, -0.05) is 37.6 Å². The highest BCUT2D eigenvalue weighted by Gasteiger charge is 2.42. The van der Waals surface area contributed by atoms with Crippen LogP contribution in [0.25, 0.3) is 0 Å². The van der Waals surface area contributed by atoms with Crippen LogP contribution in [0.1, 0.15) is 37.3 Å². The van der Waals surface area contributed by atoms with Crippen LogP contribution in [0.3, 0.4) is 0 Å². The molecule has 1 aromatic carbocycles. The molecule has 92 valence electrons. The summed E-state index contributed by atoms with van der Waals surface area (Å²) in [7, 11) is 0. The third kappa shape index (κ3) is 3.32. The van der Waals surface area contributed by atoms with Crippen LogP contribution < -0.4 is 0 Å². The topological polar surface area (TPSA) is 37.3 Å². The second-order valence-electron chi connectivity index (χ2n) is 5.05. The first kappa shape index (κ1) is 12.2. The van der Waals surface area contributed by atoms with Crippen molar-refractivity contribution in [1.29, 1.82) is 0 Å². The molecule has 0 heterocycles. The molecule has 1 N–H and O–H groups in total. The smallest absolute Gasteiger partial charge is 0.306 e. The Labute approximate surface area is 103 Å². The molecule has 0 aliphatic heterocycles. The van der Waals surface area contributed by atoms with Crippen LogP contribution in [0.2, 0.25) is 0 Å². The summed E-state index contributed by atoms with van der Waals surface area (Å²) in [5.74, 6) is -0.259. The number of aryl methyl sites for hydroxylation is 2. The van der Waals surface area contributed by atoms with Gasteiger partial charge in [-0.15, -0.1) is 0 Å². The van der Waals surface area contributed by atoms with Gasteiger partial charge < -0.3 is 5.11 Å². The third-order valence-electron chi connectivity index (χ3n) is 3.61. The predicted molar refractivity (Wildman–Crippen MR) is 68.0 cm³/mol. The average molecular weight is 232 g/mol. The van der Waals surface area contributed by atoms with Crippen molar-refractivity contribution in [3.63, 3.8) is 0 Å². The third-order valence-corrected chi connectivity index (χ3v) is 3.61. The van der Waals surface area contributed by atoms with E-state index in [0.717, 1.165) is 25.7 Å². The first-order valence-electron chi connectivity index (χ1n) is 6.51. The van der Waals surface area contributed by atoms with E-state index in [1.165, 1.54) is 17.5 Å². The van der Waals surface area contributed by atoms with Crippen molar-refractivity contribution in [3.8, 4) is 0 Å². The molecule has 2 rings (SSSR count). The van der Waals surface area contributed by atoms with Crippen LogP contribution in [0.5, 0.6) is 0 Å². The summed E-state index contributed by atoms with van der Waals surface area (Å²) >= 11 is 0. The van der Waals surface area contributed by atoms with E-state index in [4.69, 9.17) is 5.11 Å². The minimum absolute atomic E-state index is 0.0608. The summed E-state index contributed by atoms with van der Waals surface area (Å²) in [4.78, 5) is 10.7. The van der Waals surface area contributed by atoms with Gasteiger partial charge >= 0.3 is 5.97 Å². The van der Waals surface area contributed by atoms with Gasteiger partial charge in [0, 0.05) is 0 Å². The summed E-state index contributed by atoms with van der Waals surface area (Å²) in [6.07, 6.45) is 5.24. The Hall–Kier alpha value is -1.31. The van der Waals surface area contributed by atoms with Gasteiger partial charge in [0.15, 0.2) is 0 Å². The second-order valence-corrected chi connectivity index (χ2v) is 5.05. The molecule has 1 aliphatic rings. The maximum atomic E-state index is 10.7. The van der Waals surface area contributed by atoms with Gasteiger partial charge in [-0.2, -0.15) is 0 Å². The Bertz CT molecular complexity index is 380. The predicted octanol–water partition coefficient (Wildman–Crippen LogP) is 3.29. The fourth-order valence-electron chi connectivity index (χ4n) is 2.38. The van der Waals surface area contributed by atoms with Gasteiger partial charge in [0.25, 0.3) is 0 Å². The van der Waals surface area contributed by atoms with Crippen molar-refractivity contribution in [3.05, 3.63) is 35.4 Å². The van der Waals surface area contributed by atoms with E-state index in [2.05, 4.69) is 31.2 Å². The minimum atomic E-state index is -0.617. The maximum Gasteiger partial charge on any atom is 0.306 e. The molecular formula is C15H20O2. The lowest BCUT2D eigenvalue weighted by molar-refractivity contribution is -0.138. The van der Waals surface area contributed by atoms with Crippen molar-refractivity contribution < 1.29 is 9.90 Å². The van der Waals surface area contributed by atoms with Gasteiger partial charge in [0.05, 0.1) is 5.92 Å². The molecule has 2 nitrogen and oxygen atoms in total. The van der Waals surface area contributed by atoms with Gasteiger partial charge in [-0.3, -0.25) is 4.79 Å². The van der Waals surface area contributed by atoms with Crippen LogP contribution >= 0.6 is 0 Å². The molecule has 17 heavy (non-hydrogen) atoms. The van der Waals surface area contributed by atoms with E-state index >= 15 is 0 Å². The molecule has 2 heteroatoms. The Kier molecular flexibility index (Phi) is 3.82. The molecule has 2 atom stereocenters. The first-order chi connectivity index (χ1) is 8.20. The molecule has 1 fully saturated rings. The largest absolute Gasteiger partial charge is 0.481 e. The molecule has 0 bridgehead atoms. The maximum absolute atomic E-state index is 10.7. The number of rotatable bonds is 6. The molecule has 1 aliphatic carbocycles. The summed E-state index contributed by atoms with van der Waals surface area (Å²) < 4.78 is 0. The second kappa shape index (κ2) is 5.35. The Morgan fingerprint density at radius 2 is 1.82 bits per heavy atom. The lowest BCUT2D eigenvalue weighted by atomic mass is 10.0. The van der Waals surface area contributed by atoms with Crippen LogP contribution in [0.15, 0.2) is 24.3 Å². The highest BCUT2D eigenvalue weighted by Crippen LogP contribution is 2.41. The summed E-state index contributed by atoms with van der Waals surface area (Å²) in [6, 6.07) is 8.76. The van der Waals surface area contributed by atoms with Crippen LogP contribution in [0.4, 0.5) is 0 Å². The summed E-state index contributed by atoms with van der Waals surface area (Å²) in [5, 5.41) is 8.82. The average Bonchev–Trinajstić information content (AvgIpc) is 3.08. The Morgan fingerprint density at radius 3 is 2.29 bits per heavy atom. The van der Waals surface area contributed by atoms with Gasteiger partial charge in [0.2, 0.25) is 0 Å². The molecule has 0 saturated heterocycles. The van der Waals surface area contributed by atoms with E-state index in [1.807, 2.05) is 0 Å². The number of hydrogen-bond donors (Lipinski definition) is 1. The molecule has 2 unspecified atom stereocenters. The van der Waals surface area contributed by atoms with Gasteiger partial charge in [0.1, 0.15) is 0 Å².